The summed E-state index contributed by atoms with van der Waals surface area (Å²) in [5.41, 5.74) is -0.0752. The van der Waals surface area contributed by atoms with E-state index in [1.165, 1.54) is 25.3 Å². The Morgan fingerprint density at radius 1 is 1.08 bits per heavy atom. The molecule has 0 saturated carbocycles. The Bertz CT molecular complexity index is 648. The molecular formula is C18H28N4O4. The van der Waals surface area contributed by atoms with Crippen molar-refractivity contribution < 1.29 is 19.5 Å². The number of nitrogens with one attached hydrogen (secondary N) is 3. The van der Waals surface area contributed by atoms with Gasteiger partial charge in [-0.25, -0.2) is 4.98 Å². The van der Waals surface area contributed by atoms with Crippen LogP contribution in [-0.4, -0.2) is 45.9 Å². The number of nitrogens with zero attached hydrogens (tertiary/aromatic N) is 1. The summed E-state index contributed by atoms with van der Waals surface area (Å²) < 4.78 is 0. The molecule has 144 valence electrons. The third-order valence-electron chi connectivity index (χ3n) is 3.88. The summed E-state index contributed by atoms with van der Waals surface area (Å²) in [4.78, 5) is 39.8. The van der Waals surface area contributed by atoms with Gasteiger partial charge in [0.15, 0.2) is 5.69 Å². The Morgan fingerprint density at radius 2 is 1.69 bits per heavy atom. The van der Waals surface area contributed by atoms with Crippen molar-refractivity contribution >= 4 is 17.7 Å². The molecule has 1 rings (SSSR count). The van der Waals surface area contributed by atoms with E-state index in [2.05, 4.69) is 20.9 Å². The number of aromatic nitrogens is 1. The highest BCUT2D eigenvalue weighted by molar-refractivity contribution is 5.95. The molecule has 3 amide bonds. The standard InChI is InChI=1S/C18H28N4O4/c1-10(2)9-14(22-13(5)23)17(25)20-11(3)12(4)21-18(26)16-15(24)7-6-8-19-16/h6-8,10-12,14,24H,9H2,1-5H3,(H,20,25)(H,21,26)(H,22,23). The Hall–Kier alpha value is -2.64. The quantitative estimate of drug-likeness (QED) is 0.548. The van der Waals surface area contributed by atoms with Crippen LogP contribution in [0.5, 0.6) is 5.75 Å². The lowest BCUT2D eigenvalue weighted by molar-refractivity contribution is -0.129. The molecule has 0 aromatic carbocycles. The van der Waals surface area contributed by atoms with E-state index < -0.39 is 18.0 Å². The number of carbonyl (C=O) groups excluding carboxylic acids is 3. The fourth-order valence-corrected chi connectivity index (χ4v) is 2.37. The zero-order valence-electron chi connectivity index (χ0n) is 15.9. The van der Waals surface area contributed by atoms with Crippen LogP contribution in [0.4, 0.5) is 0 Å². The van der Waals surface area contributed by atoms with Crippen molar-refractivity contribution in [3.05, 3.63) is 24.0 Å². The second-order valence-corrected chi connectivity index (χ2v) is 6.81. The third-order valence-corrected chi connectivity index (χ3v) is 3.88. The van der Waals surface area contributed by atoms with E-state index in [4.69, 9.17) is 0 Å². The molecule has 0 spiro atoms. The lowest BCUT2D eigenvalue weighted by Crippen LogP contribution is -2.54. The Morgan fingerprint density at radius 3 is 2.23 bits per heavy atom. The van der Waals surface area contributed by atoms with Crippen molar-refractivity contribution in [2.24, 2.45) is 5.92 Å². The van der Waals surface area contributed by atoms with E-state index >= 15 is 0 Å². The Kier molecular flexibility index (Phi) is 8.02. The van der Waals surface area contributed by atoms with E-state index in [0.717, 1.165) is 0 Å². The van der Waals surface area contributed by atoms with Crippen LogP contribution in [0, 0.1) is 5.92 Å². The van der Waals surface area contributed by atoms with Crippen LogP contribution in [0.15, 0.2) is 18.3 Å². The monoisotopic (exact) mass is 364 g/mol. The van der Waals surface area contributed by atoms with Gasteiger partial charge in [-0.05, 0) is 38.3 Å². The molecule has 26 heavy (non-hydrogen) atoms. The van der Waals surface area contributed by atoms with Crippen LogP contribution in [-0.2, 0) is 9.59 Å². The van der Waals surface area contributed by atoms with E-state index in [1.807, 2.05) is 13.8 Å². The summed E-state index contributed by atoms with van der Waals surface area (Å²) in [5, 5.41) is 17.8. The first-order valence-corrected chi connectivity index (χ1v) is 8.64. The zero-order valence-corrected chi connectivity index (χ0v) is 15.9. The topological polar surface area (TPSA) is 120 Å². The van der Waals surface area contributed by atoms with E-state index in [9.17, 15) is 19.5 Å². The molecule has 0 aliphatic heterocycles. The molecule has 0 radical (unpaired) electrons. The molecule has 0 aliphatic rings. The normalized spacial score (nSPS) is 14.2. The van der Waals surface area contributed by atoms with Gasteiger partial charge in [0.25, 0.3) is 5.91 Å². The second-order valence-electron chi connectivity index (χ2n) is 6.81. The first-order chi connectivity index (χ1) is 12.1. The summed E-state index contributed by atoms with van der Waals surface area (Å²) in [5.74, 6) is -1.08. The van der Waals surface area contributed by atoms with Crippen molar-refractivity contribution in [2.45, 2.75) is 59.2 Å². The average molecular weight is 364 g/mol. The summed E-state index contributed by atoms with van der Waals surface area (Å²) in [6.07, 6.45) is 1.93. The van der Waals surface area contributed by atoms with Crippen LogP contribution in [0.2, 0.25) is 0 Å². The van der Waals surface area contributed by atoms with Gasteiger partial charge < -0.3 is 21.1 Å². The van der Waals surface area contributed by atoms with Crippen molar-refractivity contribution in [1.82, 2.24) is 20.9 Å². The van der Waals surface area contributed by atoms with Crippen LogP contribution in [0.25, 0.3) is 0 Å². The molecule has 3 atom stereocenters. The van der Waals surface area contributed by atoms with Crippen molar-refractivity contribution in [3.63, 3.8) is 0 Å². The van der Waals surface area contributed by atoms with Gasteiger partial charge in [0.2, 0.25) is 11.8 Å². The summed E-state index contributed by atoms with van der Waals surface area (Å²) in [6, 6.07) is 1.47. The predicted molar refractivity (Wildman–Crippen MR) is 97.5 cm³/mol. The highest BCUT2D eigenvalue weighted by Gasteiger charge is 2.25. The van der Waals surface area contributed by atoms with Crippen LogP contribution >= 0.6 is 0 Å². The second kappa shape index (κ2) is 9.74. The summed E-state index contributed by atoms with van der Waals surface area (Å²) in [6.45, 7) is 8.79. The minimum Gasteiger partial charge on any atom is -0.505 e. The van der Waals surface area contributed by atoms with E-state index in [0.29, 0.717) is 6.42 Å². The van der Waals surface area contributed by atoms with Gasteiger partial charge in [0.1, 0.15) is 11.8 Å². The average Bonchev–Trinajstić information content (AvgIpc) is 2.53. The van der Waals surface area contributed by atoms with Gasteiger partial charge in [0, 0.05) is 25.2 Å². The number of carbonyl (C=O) groups is 3. The van der Waals surface area contributed by atoms with Gasteiger partial charge in [-0.3, -0.25) is 14.4 Å². The number of rotatable bonds is 8. The maximum atomic E-state index is 12.4. The molecule has 0 fully saturated rings. The molecule has 8 nitrogen and oxygen atoms in total. The fraction of sp³-hybridized carbons (Fsp3) is 0.556. The smallest absolute Gasteiger partial charge is 0.274 e. The molecule has 0 saturated heterocycles. The molecule has 0 aliphatic carbocycles. The molecule has 0 bridgehead atoms. The number of hydrogen-bond donors (Lipinski definition) is 4. The van der Waals surface area contributed by atoms with Crippen molar-refractivity contribution in [1.29, 1.82) is 0 Å². The molecule has 4 N–H and O–H groups in total. The first kappa shape index (κ1) is 21.4. The molecule has 3 unspecified atom stereocenters. The third kappa shape index (κ3) is 6.70. The van der Waals surface area contributed by atoms with E-state index in [-0.39, 0.29) is 35.2 Å². The molecule has 1 heterocycles. The molecule has 1 aromatic rings. The van der Waals surface area contributed by atoms with Gasteiger partial charge >= 0.3 is 0 Å². The summed E-state index contributed by atoms with van der Waals surface area (Å²) >= 11 is 0. The minimum absolute atomic E-state index is 0.0752. The highest BCUT2D eigenvalue weighted by atomic mass is 16.3. The SMILES string of the molecule is CC(=O)NC(CC(C)C)C(=O)NC(C)C(C)NC(=O)c1ncccc1O. The van der Waals surface area contributed by atoms with Crippen LogP contribution in [0.1, 0.15) is 51.5 Å². The maximum absolute atomic E-state index is 12.4. The lowest BCUT2D eigenvalue weighted by atomic mass is 10.0. The van der Waals surface area contributed by atoms with Gasteiger partial charge in [-0.15, -0.1) is 0 Å². The van der Waals surface area contributed by atoms with Crippen LogP contribution in [0.3, 0.4) is 0 Å². The largest absolute Gasteiger partial charge is 0.505 e. The Balaban J connectivity index is 2.68. The minimum atomic E-state index is -0.627. The number of hydrogen-bond acceptors (Lipinski definition) is 5. The van der Waals surface area contributed by atoms with Gasteiger partial charge in [-0.2, -0.15) is 0 Å². The fourth-order valence-electron chi connectivity index (χ4n) is 2.37. The highest BCUT2D eigenvalue weighted by Crippen LogP contribution is 2.12. The molecule has 8 heteroatoms. The summed E-state index contributed by atoms with van der Waals surface area (Å²) in [7, 11) is 0. The Labute approximate surface area is 153 Å². The predicted octanol–water partition coefficient (Wildman–Crippen LogP) is 0.961. The number of amides is 3. The molecular weight excluding hydrogens is 336 g/mol. The maximum Gasteiger partial charge on any atom is 0.274 e. The molecule has 1 aromatic heterocycles. The van der Waals surface area contributed by atoms with Crippen LogP contribution < -0.4 is 16.0 Å². The lowest BCUT2D eigenvalue weighted by Gasteiger charge is -2.26. The number of aromatic hydroxyl groups is 1. The first-order valence-electron chi connectivity index (χ1n) is 8.64. The zero-order chi connectivity index (χ0) is 19.9. The number of pyridine rings is 1. The van der Waals surface area contributed by atoms with E-state index in [1.54, 1.807) is 13.8 Å². The van der Waals surface area contributed by atoms with Gasteiger partial charge in [0.05, 0.1) is 0 Å². The van der Waals surface area contributed by atoms with Crippen molar-refractivity contribution in [3.8, 4) is 5.75 Å². The van der Waals surface area contributed by atoms with Gasteiger partial charge in [-0.1, -0.05) is 13.8 Å². The van der Waals surface area contributed by atoms with Crippen molar-refractivity contribution in [2.75, 3.05) is 0 Å².